The molecule has 4 nitrogen and oxygen atoms in total. The Morgan fingerprint density at radius 3 is 2.58 bits per heavy atom. The van der Waals surface area contributed by atoms with Crippen LogP contribution in [0.4, 0.5) is 0 Å². The lowest BCUT2D eigenvalue weighted by atomic mass is 10.1. The molecule has 0 fully saturated rings. The summed E-state index contributed by atoms with van der Waals surface area (Å²) >= 11 is 0. The second kappa shape index (κ2) is 5.94. The highest BCUT2D eigenvalue weighted by molar-refractivity contribution is 5.81. The maximum absolute atomic E-state index is 10.5. The number of carbonyl (C=O) groups is 1. The van der Waals surface area contributed by atoms with Gasteiger partial charge in [-0.1, -0.05) is 6.08 Å². The third-order valence-electron chi connectivity index (χ3n) is 1.14. The Hall–Kier alpha value is -1.81. The summed E-state index contributed by atoms with van der Waals surface area (Å²) in [5.41, 5.74) is 0. The van der Waals surface area contributed by atoms with Gasteiger partial charge in [0.1, 0.15) is 5.92 Å². The molecule has 62 valence electrons. The molecule has 0 spiro atoms. The molecule has 0 rings (SSSR count). The fourth-order valence-corrected chi connectivity index (χ4v) is 0.503. The Morgan fingerprint density at radius 2 is 2.17 bits per heavy atom. The lowest BCUT2D eigenvalue weighted by Crippen LogP contribution is -1.95. The van der Waals surface area contributed by atoms with Crippen molar-refractivity contribution in [2.45, 2.75) is 6.42 Å². The number of esters is 1. The zero-order valence-electron chi connectivity index (χ0n) is 6.65. The zero-order chi connectivity index (χ0) is 9.40. The minimum Gasteiger partial charge on any atom is -0.466 e. The Morgan fingerprint density at radius 1 is 1.58 bits per heavy atom. The van der Waals surface area contributed by atoms with Crippen LogP contribution < -0.4 is 0 Å². The summed E-state index contributed by atoms with van der Waals surface area (Å²) in [4.78, 5) is 10.5. The molecule has 0 aromatic carbocycles. The van der Waals surface area contributed by atoms with Gasteiger partial charge in [-0.15, -0.1) is 0 Å². The van der Waals surface area contributed by atoms with Gasteiger partial charge in [0.25, 0.3) is 0 Å². The fourth-order valence-electron chi connectivity index (χ4n) is 0.503. The lowest BCUT2D eigenvalue weighted by molar-refractivity contribution is -0.134. The monoisotopic (exact) mass is 164 g/mol. The van der Waals surface area contributed by atoms with Crippen LogP contribution >= 0.6 is 0 Å². The van der Waals surface area contributed by atoms with Gasteiger partial charge >= 0.3 is 5.97 Å². The third kappa shape index (κ3) is 4.08. The van der Waals surface area contributed by atoms with Gasteiger partial charge in [-0.05, 0) is 6.42 Å². The minimum atomic E-state index is -0.689. The van der Waals surface area contributed by atoms with Crippen LogP contribution in [0, 0.1) is 28.6 Å². The van der Waals surface area contributed by atoms with Gasteiger partial charge in [-0.3, -0.25) is 0 Å². The largest absolute Gasteiger partial charge is 0.466 e. The van der Waals surface area contributed by atoms with E-state index < -0.39 is 11.9 Å². The molecule has 0 amide bonds. The predicted octanol–water partition coefficient (Wildman–Crippen LogP) is 0.769. The highest BCUT2D eigenvalue weighted by Crippen LogP contribution is 1.99. The first kappa shape index (κ1) is 10.2. The van der Waals surface area contributed by atoms with Gasteiger partial charge in [0.2, 0.25) is 0 Å². The number of nitriles is 2. The summed E-state index contributed by atoms with van der Waals surface area (Å²) in [6, 6.07) is 3.56. The first-order valence-electron chi connectivity index (χ1n) is 3.28. The van der Waals surface area contributed by atoms with E-state index in [0.29, 0.717) is 0 Å². The van der Waals surface area contributed by atoms with Crippen LogP contribution in [0.3, 0.4) is 0 Å². The highest BCUT2D eigenvalue weighted by atomic mass is 16.5. The average Bonchev–Trinajstić information content (AvgIpc) is 2.12. The third-order valence-corrected chi connectivity index (χ3v) is 1.14. The maximum atomic E-state index is 10.5. The number of allylic oxidation sites excluding steroid dienone is 1. The van der Waals surface area contributed by atoms with E-state index in [1.807, 2.05) is 0 Å². The first-order chi connectivity index (χ1) is 5.74. The molecule has 0 radical (unpaired) electrons. The van der Waals surface area contributed by atoms with Crippen LogP contribution in [0.15, 0.2) is 12.2 Å². The minimum absolute atomic E-state index is 0.252. The van der Waals surface area contributed by atoms with Crippen molar-refractivity contribution in [3.05, 3.63) is 12.2 Å². The van der Waals surface area contributed by atoms with E-state index in [9.17, 15) is 4.79 Å². The van der Waals surface area contributed by atoms with Crippen molar-refractivity contribution in [2.75, 3.05) is 7.11 Å². The smallest absolute Gasteiger partial charge is 0.330 e. The number of nitrogens with zero attached hydrogens (tertiary/aromatic N) is 2. The molecule has 0 aliphatic heterocycles. The van der Waals surface area contributed by atoms with Crippen molar-refractivity contribution >= 4 is 5.97 Å². The first-order valence-corrected chi connectivity index (χ1v) is 3.28. The van der Waals surface area contributed by atoms with Crippen molar-refractivity contribution in [2.24, 2.45) is 5.92 Å². The van der Waals surface area contributed by atoms with Crippen molar-refractivity contribution in [1.82, 2.24) is 0 Å². The van der Waals surface area contributed by atoms with Crippen LogP contribution in [0.25, 0.3) is 0 Å². The number of carbonyl (C=O) groups excluding carboxylic acids is 1. The molecule has 0 saturated carbocycles. The normalized spacial score (nSPS) is 9.33. The quantitative estimate of drug-likeness (QED) is 0.456. The number of hydrogen-bond donors (Lipinski definition) is 0. The summed E-state index contributed by atoms with van der Waals surface area (Å²) < 4.78 is 4.31. The van der Waals surface area contributed by atoms with Gasteiger partial charge < -0.3 is 4.74 Å². The van der Waals surface area contributed by atoms with E-state index in [4.69, 9.17) is 10.5 Å². The average molecular weight is 164 g/mol. The summed E-state index contributed by atoms with van der Waals surface area (Å²) in [5, 5.41) is 16.7. The summed E-state index contributed by atoms with van der Waals surface area (Å²) in [6.45, 7) is 0. The molecule has 0 aliphatic carbocycles. The summed E-state index contributed by atoms with van der Waals surface area (Å²) in [7, 11) is 1.26. The Bertz CT molecular complexity index is 243. The van der Waals surface area contributed by atoms with E-state index in [1.54, 1.807) is 12.1 Å². The second-order valence-electron chi connectivity index (χ2n) is 1.97. The van der Waals surface area contributed by atoms with Crippen LogP contribution in [0.1, 0.15) is 6.42 Å². The number of ether oxygens (including phenoxy) is 1. The molecule has 0 unspecified atom stereocenters. The van der Waals surface area contributed by atoms with E-state index >= 15 is 0 Å². The van der Waals surface area contributed by atoms with Gasteiger partial charge in [-0.2, -0.15) is 10.5 Å². The van der Waals surface area contributed by atoms with E-state index in [-0.39, 0.29) is 6.42 Å². The van der Waals surface area contributed by atoms with Crippen LogP contribution in [0.2, 0.25) is 0 Å². The van der Waals surface area contributed by atoms with Gasteiger partial charge in [0, 0.05) is 6.08 Å². The van der Waals surface area contributed by atoms with Gasteiger partial charge in [0.15, 0.2) is 0 Å². The van der Waals surface area contributed by atoms with Crippen LogP contribution in [-0.4, -0.2) is 13.1 Å². The van der Waals surface area contributed by atoms with Crippen LogP contribution in [0.5, 0.6) is 0 Å². The van der Waals surface area contributed by atoms with Crippen LogP contribution in [-0.2, 0) is 9.53 Å². The molecular weight excluding hydrogens is 156 g/mol. The SMILES string of the molecule is COC(=O)/C=C/CC(C#N)C#N. The Labute approximate surface area is 70.7 Å². The molecule has 0 saturated heterocycles. The van der Waals surface area contributed by atoms with Crippen molar-refractivity contribution in [3.63, 3.8) is 0 Å². The van der Waals surface area contributed by atoms with Gasteiger partial charge in [0.05, 0.1) is 19.2 Å². The predicted molar refractivity (Wildman–Crippen MR) is 40.5 cm³/mol. The second-order valence-corrected chi connectivity index (χ2v) is 1.97. The standard InChI is InChI=1S/C8H8N2O2/c1-12-8(11)4-2-3-7(5-9)6-10/h2,4,7H,3H2,1H3/b4-2+. The topological polar surface area (TPSA) is 73.9 Å². The molecule has 0 aromatic rings. The molecule has 0 N–H and O–H groups in total. The summed E-state index contributed by atoms with van der Waals surface area (Å²) in [6.07, 6.45) is 2.90. The molecule has 0 aliphatic rings. The van der Waals surface area contributed by atoms with E-state index in [0.717, 1.165) is 0 Å². The molecule has 0 atom stereocenters. The van der Waals surface area contributed by atoms with E-state index in [2.05, 4.69) is 4.74 Å². The molecule has 0 heterocycles. The summed E-state index contributed by atoms with van der Waals surface area (Å²) in [5.74, 6) is -1.17. The van der Waals surface area contributed by atoms with E-state index in [1.165, 1.54) is 19.3 Å². The number of methoxy groups -OCH3 is 1. The maximum Gasteiger partial charge on any atom is 0.330 e. The molecule has 0 bridgehead atoms. The van der Waals surface area contributed by atoms with Crippen molar-refractivity contribution < 1.29 is 9.53 Å². The Kier molecular flexibility index (Phi) is 5.04. The molecule has 4 heteroatoms. The van der Waals surface area contributed by atoms with Crippen molar-refractivity contribution in [1.29, 1.82) is 10.5 Å². The zero-order valence-corrected chi connectivity index (χ0v) is 6.65. The Balaban J connectivity index is 3.84. The molecule has 12 heavy (non-hydrogen) atoms. The number of hydrogen-bond acceptors (Lipinski definition) is 4. The fraction of sp³-hybridized carbons (Fsp3) is 0.375. The molecular formula is C8H8N2O2. The molecule has 0 aromatic heterocycles. The highest BCUT2D eigenvalue weighted by Gasteiger charge is 2.01. The van der Waals surface area contributed by atoms with Crippen molar-refractivity contribution in [3.8, 4) is 12.1 Å². The number of rotatable bonds is 3. The lowest BCUT2D eigenvalue weighted by Gasteiger charge is -1.91. The van der Waals surface area contributed by atoms with Gasteiger partial charge in [-0.25, -0.2) is 4.79 Å².